The maximum Gasteiger partial charge on any atom is 0.261 e. The van der Waals surface area contributed by atoms with E-state index in [4.69, 9.17) is 10.7 Å². The zero-order chi connectivity index (χ0) is 15.7. The highest BCUT2D eigenvalue weighted by atomic mass is 35.7. The normalized spacial score (nSPS) is 19.2. The number of nitrogens with one attached hydrogen (secondary N) is 1. The van der Waals surface area contributed by atoms with Gasteiger partial charge in [0.2, 0.25) is 5.91 Å². The van der Waals surface area contributed by atoms with Crippen LogP contribution in [0.15, 0.2) is 29.2 Å². The van der Waals surface area contributed by atoms with Crippen LogP contribution in [0.1, 0.15) is 51.1 Å². The molecule has 21 heavy (non-hydrogen) atoms. The quantitative estimate of drug-likeness (QED) is 0.861. The summed E-state index contributed by atoms with van der Waals surface area (Å²) in [6.45, 7) is 3.89. The van der Waals surface area contributed by atoms with Gasteiger partial charge in [0.25, 0.3) is 9.05 Å². The Morgan fingerprint density at radius 1 is 1.24 bits per heavy atom. The second kappa shape index (κ2) is 5.97. The van der Waals surface area contributed by atoms with E-state index in [2.05, 4.69) is 5.32 Å². The van der Waals surface area contributed by atoms with E-state index in [1.165, 1.54) is 12.1 Å². The number of benzene rings is 1. The van der Waals surface area contributed by atoms with Gasteiger partial charge >= 0.3 is 0 Å². The van der Waals surface area contributed by atoms with Gasteiger partial charge in [-0.2, -0.15) is 0 Å². The molecule has 0 saturated heterocycles. The summed E-state index contributed by atoms with van der Waals surface area (Å²) in [7, 11) is 1.58. The summed E-state index contributed by atoms with van der Waals surface area (Å²) in [5.74, 6) is 0.0709. The van der Waals surface area contributed by atoms with E-state index < -0.39 is 9.05 Å². The number of amides is 1. The van der Waals surface area contributed by atoms with Crippen LogP contribution in [0.2, 0.25) is 0 Å². The fourth-order valence-electron chi connectivity index (χ4n) is 2.76. The molecule has 0 bridgehead atoms. The van der Waals surface area contributed by atoms with Crippen molar-refractivity contribution >= 4 is 25.6 Å². The van der Waals surface area contributed by atoms with Crippen molar-refractivity contribution in [3.8, 4) is 0 Å². The van der Waals surface area contributed by atoms with E-state index in [1.807, 2.05) is 13.8 Å². The SMILES string of the molecule is CC(NC(=O)C1(C)CCCC1)c1ccc(S(=O)(=O)Cl)cc1. The summed E-state index contributed by atoms with van der Waals surface area (Å²) in [5, 5.41) is 3.02. The molecule has 1 fully saturated rings. The van der Waals surface area contributed by atoms with E-state index in [9.17, 15) is 13.2 Å². The van der Waals surface area contributed by atoms with Gasteiger partial charge in [0.05, 0.1) is 10.9 Å². The lowest BCUT2D eigenvalue weighted by Gasteiger charge is -2.25. The molecule has 1 N–H and O–H groups in total. The fraction of sp³-hybridized carbons (Fsp3) is 0.533. The van der Waals surface area contributed by atoms with Crippen LogP contribution in [-0.4, -0.2) is 14.3 Å². The first-order valence-corrected chi connectivity index (χ1v) is 9.39. The van der Waals surface area contributed by atoms with Crippen LogP contribution in [0.4, 0.5) is 0 Å². The molecule has 0 heterocycles. The van der Waals surface area contributed by atoms with Crippen LogP contribution < -0.4 is 5.32 Å². The number of hydrogen-bond donors (Lipinski definition) is 1. The standard InChI is InChI=1S/C15H20ClNO3S/c1-11(17-14(18)15(2)9-3-4-10-15)12-5-7-13(8-6-12)21(16,19)20/h5-8,11H,3-4,9-10H2,1-2H3,(H,17,18). The molecule has 0 aromatic heterocycles. The smallest absolute Gasteiger partial charge is 0.261 e. The zero-order valence-corrected chi connectivity index (χ0v) is 13.8. The van der Waals surface area contributed by atoms with Crippen molar-refractivity contribution in [3.05, 3.63) is 29.8 Å². The molecule has 4 nitrogen and oxygen atoms in total. The lowest BCUT2D eigenvalue weighted by molar-refractivity contribution is -0.130. The summed E-state index contributed by atoms with van der Waals surface area (Å²) >= 11 is 0. The van der Waals surface area contributed by atoms with Crippen LogP contribution in [0, 0.1) is 5.41 Å². The zero-order valence-electron chi connectivity index (χ0n) is 12.2. The van der Waals surface area contributed by atoms with Crippen LogP contribution in [0.3, 0.4) is 0 Å². The molecule has 116 valence electrons. The molecule has 1 aromatic rings. The average Bonchev–Trinajstić information content (AvgIpc) is 2.86. The van der Waals surface area contributed by atoms with Crippen LogP contribution in [0.5, 0.6) is 0 Å². The fourth-order valence-corrected chi connectivity index (χ4v) is 3.53. The first kappa shape index (κ1) is 16.3. The van der Waals surface area contributed by atoms with Gasteiger partial charge in [0, 0.05) is 16.1 Å². The summed E-state index contributed by atoms with van der Waals surface area (Å²) in [5.41, 5.74) is 0.585. The van der Waals surface area contributed by atoms with Crippen molar-refractivity contribution in [2.75, 3.05) is 0 Å². The van der Waals surface area contributed by atoms with Crippen molar-refractivity contribution in [1.29, 1.82) is 0 Å². The Morgan fingerprint density at radius 2 is 1.76 bits per heavy atom. The number of rotatable bonds is 4. The summed E-state index contributed by atoms with van der Waals surface area (Å²) in [6, 6.07) is 6.10. The van der Waals surface area contributed by atoms with Crippen molar-refractivity contribution in [2.24, 2.45) is 5.41 Å². The van der Waals surface area contributed by atoms with Crippen molar-refractivity contribution in [1.82, 2.24) is 5.32 Å². The largest absolute Gasteiger partial charge is 0.349 e. The van der Waals surface area contributed by atoms with E-state index in [-0.39, 0.29) is 22.3 Å². The second-order valence-electron chi connectivity index (χ2n) is 5.97. The molecule has 2 rings (SSSR count). The predicted octanol–water partition coefficient (Wildman–Crippen LogP) is 3.37. The average molecular weight is 330 g/mol. The number of hydrogen-bond acceptors (Lipinski definition) is 3. The third kappa shape index (κ3) is 3.77. The Bertz CT molecular complexity index is 619. The second-order valence-corrected chi connectivity index (χ2v) is 8.54. The molecule has 6 heteroatoms. The molecule has 1 amide bonds. The Labute approximate surface area is 130 Å². The monoisotopic (exact) mass is 329 g/mol. The maximum absolute atomic E-state index is 12.3. The lowest BCUT2D eigenvalue weighted by atomic mass is 9.87. The maximum atomic E-state index is 12.3. The molecule has 1 aromatic carbocycles. The Kier molecular flexibility index (Phi) is 4.63. The van der Waals surface area contributed by atoms with Crippen LogP contribution in [-0.2, 0) is 13.8 Å². The molecule has 0 aliphatic heterocycles. The van der Waals surface area contributed by atoms with E-state index >= 15 is 0 Å². The van der Waals surface area contributed by atoms with E-state index in [0.29, 0.717) is 0 Å². The summed E-state index contributed by atoms with van der Waals surface area (Å²) in [4.78, 5) is 12.4. The first-order chi connectivity index (χ1) is 9.72. The van der Waals surface area contributed by atoms with Gasteiger partial charge in [-0.05, 0) is 37.5 Å². The van der Waals surface area contributed by atoms with Gasteiger partial charge < -0.3 is 5.32 Å². The topological polar surface area (TPSA) is 63.2 Å². The van der Waals surface area contributed by atoms with Gasteiger partial charge in [-0.3, -0.25) is 4.79 Å². The Morgan fingerprint density at radius 3 is 2.24 bits per heavy atom. The van der Waals surface area contributed by atoms with Crippen LogP contribution >= 0.6 is 10.7 Å². The highest BCUT2D eigenvalue weighted by molar-refractivity contribution is 8.13. The molecule has 1 atom stereocenters. The van der Waals surface area contributed by atoms with Gasteiger partial charge in [-0.1, -0.05) is 31.9 Å². The first-order valence-electron chi connectivity index (χ1n) is 7.08. The number of carbonyl (C=O) groups is 1. The van der Waals surface area contributed by atoms with Gasteiger partial charge in [-0.15, -0.1) is 0 Å². The van der Waals surface area contributed by atoms with Crippen molar-refractivity contribution in [2.45, 2.75) is 50.5 Å². The summed E-state index contributed by atoms with van der Waals surface area (Å²) < 4.78 is 22.4. The minimum atomic E-state index is -3.71. The number of carbonyl (C=O) groups excluding carboxylic acids is 1. The minimum absolute atomic E-state index is 0.0641. The molecule has 1 saturated carbocycles. The Hall–Kier alpha value is -1.07. The minimum Gasteiger partial charge on any atom is -0.349 e. The van der Waals surface area contributed by atoms with Crippen LogP contribution in [0.25, 0.3) is 0 Å². The van der Waals surface area contributed by atoms with E-state index in [1.54, 1.807) is 12.1 Å². The molecule has 0 radical (unpaired) electrons. The molecular formula is C15H20ClNO3S. The molecular weight excluding hydrogens is 310 g/mol. The molecule has 1 aliphatic carbocycles. The van der Waals surface area contributed by atoms with Gasteiger partial charge in [0.15, 0.2) is 0 Å². The van der Waals surface area contributed by atoms with E-state index in [0.717, 1.165) is 31.2 Å². The highest BCUT2D eigenvalue weighted by Gasteiger charge is 2.36. The summed E-state index contributed by atoms with van der Waals surface area (Å²) in [6.07, 6.45) is 4.05. The number of halogens is 1. The third-order valence-corrected chi connectivity index (χ3v) is 5.63. The Balaban J connectivity index is 2.06. The molecule has 1 unspecified atom stereocenters. The lowest BCUT2D eigenvalue weighted by Crippen LogP contribution is -2.38. The molecule has 0 spiro atoms. The predicted molar refractivity (Wildman–Crippen MR) is 82.6 cm³/mol. The van der Waals surface area contributed by atoms with Crippen molar-refractivity contribution < 1.29 is 13.2 Å². The van der Waals surface area contributed by atoms with Gasteiger partial charge in [-0.25, -0.2) is 8.42 Å². The molecule has 1 aliphatic rings. The van der Waals surface area contributed by atoms with Crippen molar-refractivity contribution in [3.63, 3.8) is 0 Å². The highest BCUT2D eigenvalue weighted by Crippen LogP contribution is 2.38. The van der Waals surface area contributed by atoms with Gasteiger partial charge in [0.1, 0.15) is 0 Å². The third-order valence-electron chi connectivity index (χ3n) is 4.26.